The van der Waals surface area contributed by atoms with Gasteiger partial charge in [-0.15, -0.1) is 0 Å². The van der Waals surface area contributed by atoms with Crippen LogP contribution in [-0.2, 0) is 32.3 Å². The molecule has 118 valence electrons. The smallest absolute Gasteiger partial charge is 0.330 e. The number of halogens is 4. The summed E-state index contributed by atoms with van der Waals surface area (Å²) in [6, 6.07) is 0. The number of carbonyl (C=O) groups is 2. The maximum absolute atomic E-state index is 14.0. The van der Waals surface area contributed by atoms with Crippen molar-refractivity contribution in [1.82, 2.24) is 0 Å². The van der Waals surface area contributed by atoms with Crippen molar-refractivity contribution in [2.24, 2.45) is 0 Å². The zero-order chi connectivity index (χ0) is 16.9. The third-order valence-electron chi connectivity index (χ3n) is 2.50. The largest absolute Gasteiger partial charge is 0.457 e. The first-order chi connectivity index (χ1) is 10.3. The SMILES string of the molecule is C=CC(=O)OCc1c(F)c(F)c(F)c(COC(=O)C=C)c1F. The summed E-state index contributed by atoms with van der Waals surface area (Å²) in [5.41, 5.74) is -2.03. The van der Waals surface area contributed by atoms with Crippen LogP contribution in [0.5, 0.6) is 0 Å². The molecular formula is C14H10F4O4. The highest BCUT2D eigenvalue weighted by molar-refractivity contribution is 5.81. The van der Waals surface area contributed by atoms with E-state index in [1.165, 1.54) is 0 Å². The summed E-state index contributed by atoms with van der Waals surface area (Å²) in [5.74, 6) is -9.21. The topological polar surface area (TPSA) is 52.6 Å². The number of benzene rings is 1. The lowest BCUT2D eigenvalue weighted by atomic mass is 10.1. The molecule has 1 rings (SSSR count). The van der Waals surface area contributed by atoms with Gasteiger partial charge in [-0.05, 0) is 0 Å². The molecule has 0 aliphatic heterocycles. The zero-order valence-electron chi connectivity index (χ0n) is 11.1. The first-order valence-electron chi connectivity index (χ1n) is 5.75. The van der Waals surface area contributed by atoms with Crippen molar-refractivity contribution in [3.63, 3.8) is 0 Å². The van der Waals surface area contributed by atoms with Crippen LogP contribution < -0.4 is 0 Å². The fraction of sp³-hybridized carbons (Fsp3) is 0.143. The molecule has 0 aromatic heterocycles. The van der Waals surface area contributed by atoms with Gasteiger partial charge in [-0.2, -0.15) is 0 Å². The van der Waals surface area contributed by atoms with Crippen LogP contribution in [0.15, 0.2) is 25.3 Å². The van der Waals surface area contributed by atoms with E-state index in [4.69, 9.17) is 0 Å². The minimum atomic E-state index is -1.98. The van der Waals surface area contributed by atoms with E-state index in [0.717, 1.165) is 12.2 Å². The van der Waals surface area contributed by atoms with Crippen molar-refractivity contribution in [1.29, 1.82) is 0 Å². The third-order valence-corrected chi connectivity index (χ3v) is 2.50. The van der Waals surface area contributed by atoms with Gasteiger partial charge in [-0.25, -0.2) is 27.2 Å². The Hall–Kier alpha value is -2.64. The number of esters is 2. The van der Waals surface area contributed by atoms with Crippen molar-refractivity contribution >= 4 is 11.9 Å². The van der Waals surface area contributed by atoms with Gasteiger partial charge in [0.1, 0.15) is 19.0 Å². The van der Waals surface area contributed by atoms with Crippen LogP contribution in [0.1, 0.15) is 11.1 Å². The fourth-order valence-electron chi connectivity index (χ4n) is 1.39. The molecule has 0 bridgehead atoms. The van der Waals surface area contributed by atoms with Crippen LogP contribution >= 0.6 is 0 Å². The molecule has 0 unspecified atom stereocenters. The van der Waals surface area contributed by atoms with Gasteiger partial charge in [0.15, 0.2) is 17.5 Å². The third kappa shape index (κ3) is 3.72. The van der Waals surface area contributed by atoms with Crippen LogP contribution in [0, 0.1) is 23.3 Å². The Balaban J connectivity index is 3.19. The molecular weight excluding hydrogens is 308 g/mol. The lowest BCUT2D eigenvalue weighted by Crippen LogP contribution is -2.13. The van der Waals surface area contributed by atoms with Crippen molar-refractivity contribution in [2.75, 3.05) is 0 Å². The summed E-state index contributed by atoms with van der Waals surface area (Å²) in [6.45, 7) is 4.16. The first kappa shape index (κ1) is 17.4. The molecule has 0 spiro atoms. The van der Waals surface area contributed by atoms with Gasteiger partial charge in [-0.1, -0.05) is 13.2 Å². The van der Waals surface area contributed by atoms with E-state index in [2.05, 4.69) is 22.6 Å². The van der Waals surface area contributed by atoms with Crippen LogP contribution in [0.3, 0.4) is 0 Å². The van der Waals surface area contributed by atoms with E-state index in [9.17, 15) is 27.2 Å². The lowest BCUT2D eigenvalue weighted by Gasteiger charge is -2.12. The van der Waals surface area contributed by atoms with E-state index < -0.39 is 59.5 Å². The second-order valence-electron chi connectivity index (χ2n) is 3.84. The molecule has 0 saturated heterocycles. The standard InChI is InChI=1S/C14H10F4O4/c1-3-9(19)21-5-7-11(15)8(6-22-10(20)4-2)13(17)14(18)12(7)16/h3-4H,1-2,5-6H2. The van der Waals surface area contributed by atoms with Crippen molar-refractivity contribution in [3.8, 4) is 0 Å². The maximum atomic E-state index is 14.0. The van der Waals surface area contributed by atoms with Crippen molar-refractivity contribution in [2.45, 2.75) is 13.2 Å². The van der Waals surface area contributed by atoms with E-state index >= 15 is 0 Å². The first-order valence-corrected chi connectivity index (χ1v) is 5.75. The van der Waals surface area contributed by atoms with Gasteiger partial charge in [0.25, 0.3) is 0 Å². The van der Waals surface area contributed by atoms with Crippen molar-refractivity contribution < 1.29 is 36.6 Å². The van der Waals surface area contributed by atoms with E-state index in [1.54, 1.807) is 0 Å². The fourth-order valence-corrected chi connectivity index (χ4v) is 1.39. The predicted octanol–water partition coefficient (Wildman–Crippen LogP) is 2.70. The molecule has 0 amide bonds. The van der Waals surface area contributed by atoms with E-state index in [-0.39, 0.29) is 0 Å². The summed E-state index contributed by atoms with van der Waals surface area (Å²) in [5, 5.41) is 0. The Morgan fingerprint density at radius 2 is 1.14 bits per heavy atom. The molecule has 8 heteroatoms. The molecule has 0 N–H and O–H groups in total. The Labute approximate surface area is 122 Å². The summed E-state index contributed by atoms with van der Waals surface area (Å²) >= 11 is 0. The molecule has 0 atom stereocenters. The average Bonchev–Trinajstić information content (AvgIpc) is 2.51. The molecule has 4 nitrogen and oxygen atoms in total. The number of hydrogen-bond donors (Lipinski definition) is 0. The predicted molar refractivity (Wildman–Crippen MR) is 66.3 cm³/mol. The highest BCUT2D eigenvalue weighted by atomic mass is 19.2. The van der Waals surface area contributed by atoms with Crippen molar-refractivity contribution in [3.05, 3.63) is 59.7 Å². The number of hydrogen-bond acceptors (Lipinski definition) is 4. The van der Waals surface area contributed by atoms with Crippen LogP contribution in [0.2, 0.25) is 0 Å². The summed E-state index contributed by atoms with van der Waals surface area (Å²) < 4.78 is 63.2. The maximum Gasteiger partial charge on any atom is 0.330 e. The zero-order valence-corrected chi connectivity index (χ0v) is 11.1. The molecule has 0 aliphatic rings. The summed E-state index contributed by atoms with van der Waals surface area (Å²) in [4.78, 5) is 21.7. The molecule has 0 heterocycles. The average molecular weight is 318 g/mol. The highest BCUT2D eigenvalue weighted by Gasteiger charge is 2.26. The molecule has 0 radical (unpaired) electrons. The lowest BCUT2D eigenvalue weighted by molar-refractivity contribution is -0.139. The Morgan fingerprint density at radius 3 is 1.45 bits per heavy atom. The number of rotatable bonds is 6. The van der Waals surface area contributed by atoms with Crippen LogP contribution in [0.25, 0.3) is 0 Å². The summed E-state index contributed by atoms with van der Waals surface area (Å²) in [6.07, 6.45) is 1.45. The van der Waals surface area contributed by atoms with Crippen LogP contribution in [0.4, 0.5) is 17.6 Å². The minimum Gasteiger partial charge on any atom is -0.457 e. The van der Waals surface area contributed by atoms with E-state index in [1.807, 2.05) is 0 Å². The molecule has 22 heavy (non-hydrogen) atoms. The van der Waals surface area contributed by atoms with Gasteiger partial charge < -0.3 is 9.47 Å². The van der Waals surface area contributed by atoms with Gasteiger partial charge in [0.2, 0.25) is 0 Å². The minimum absolute atomic E-state index is 0.725. The summed E-state index contributed by atoms with van der Waals surface area (Å²) in [7, 11) is 0. The Morgan fingerprint density at radius 1 is 0.773 bits per heavy atom. The second-order valence-corrected chi connectivity index (χ2v) is 3.84. The second kappa shape index (κ2) is 7.39. The Kier molecular flexibility index (Phi) is 5.85. The van der Waals surface area contributed by atoms with Gasteiger partial charge in [0.05, 0.1) is 11.1 Å². The quantitative estimate of drug-likeness (QED) is 0.266. The van der Waals surface area contributed by atoms with E-state index in [0.29, 0.717) is 0 Å². The molecule has 1 aromatic rings. The molecule has 0 aliphatic carbocycles. The molecule has 0 fully saturated rings. The molecule has 1 aromatic carbocycles. The van der Waals surface area contributed by atoms with Crippen LogP contribution in [-0.4, -0.2) is 11.9 Å². The molecule has 0 saturated carbocycles. The van der Waals surface area contributed by atoms with Gasteiger partial charge >= 0.3 is 11.9 Å². The highest BCUT2D eigenvalue weighted by Crippen LogP contribution is 2.25. The van der Waals surface area contributed by atoms with Gasteiger partial charge in [0, 0.05) is 12.2 Å². The monoisotopic (exact) mass is 318 g/mol. The number of ether oxygens (including phenoxy) is 2. The number of carbonyl (C=O) groups excluding carboxylic acids is 2. The normalized spacial score (nSPS) is 10.0. The Bertz CT molecular complexity index is 589. The van der Waals surface area contributed by atoms with Gasteiger partial charge in [-0.3, -0.25) is 0 Å².